The summed E-state index contributed by atoms with van der Waals surface area (Å²) in [6, 6.07) is 0. The number of hydrogen-bond acceptors (Lipinski definition) is 0. The van der Waals surface area contributed by atoms with Gasteiger partial charge in [-0.15, -0.1) is 0 Å². The van der Waals surface area contributed by atoms with Crippen LogP contribution in [0.15, 0.2) is 36.5 Å². The molecule has 0 aromatic carbocycles. The molecule has 0 saturated carbocycles. The Kier molecular flexibility index (Phi) is 2.49. The van der Waals surface area contributed by atoms with Gasteiger partial charge in [0.25, 0.3) is 0 Å². The summed E-state index contributed by atoms with van der Waals surface area (Å²) in [4.78, 5) is 0. The second-order valence-corrected chi connectivity index (χ2v) is 2.87. The standard InChI is InChI=1S/C10H14/c1-9-5-3-7-10(2)8-4-6-9/h3-4,7-8,10H,1,5-6H2,2H3. The molecule has 10 heavy (non-hydrogen) atoms. The van der Waals surface area contributed by atoms with Crippen LogP contribution in [0.4, 0.5) is 0 Å². The quantitative estimate of drug-likeness (QED) is 0.446. The van der Waals surface area contributed by atoms with Gasteiger partial charge in [0.05, 0.1) is 0 Å². The van der Waals surface area contributed by atoms with Crippen molar-refractivity contribution in [2.45, 2.75) is 19.8 Å². The van der Waals surface area contributed by atoms with E-state index in [0.717, 1.165) is 12.8 Å². The lowest BCUT2D eigenvalue weighted by Crippen LogP contribution is -1.87. The minimum absolute atomic E-state index is 0.605. The molecule has 0 atom stereocenters. The van der Waals surface area contributed by atoms with E-state index >= 15 is 0 Å². The van der Waals surface area contributed by atoms with Gasteiger partial charge in [-0.05, 0) is 18.8 Å². The third kappa shape index (κ3) is 2.22. The second-order valence-electron chi connectivity index (χ2n) is 2.87. The van der Waals surface area contributed by atoms with Gasteiger partial charge >= 0.3 is 0 Å². The molecule has 1 rings (SSSR count). The fraction of sp³-hybridized carbons (Fsp3) is 0.400. The molecule has 0 aliphatic heterocycles. The summed E-state index contributed by atoms with van der Waals surface area (Å²) >= 11 is 0. The predicted molar refractivity (Wildman–Crippen MR) is 45.8 cm³/mol. The van der Waals surface area contributed by atoms with Crippen molar-refractivity contribution < 1.29 is 0 Å². The Morgan fingerprint density at radius 1 is 1.30 bits per heavy atom. The summed E-state index contributed by atoms with van der Waals surface area (Å²) in [6.07, 6.45) is 11.0. The predicted octanol–water partition coefficient (Wildman–Crippen LogP) is 3.08. The highest BCUT2D eigenvalue weighted by Crippen LogP contribution is 2.12. The first-order valence-electron chi connectivity index (χ1n) is 3.79. The molecule has 0 aromatic heterocycles. The van der Waals surface area contributed by atoms with Crippen LogP contribution in [0.5, 0.6) is 0 Å². The van der Waals surface area contributed by atoms with E-state index in [1.807, 2.05) is 0 Å². The van der Waals surface area contributed by atoms with E-state index in [0.29, 0.717) is 5.92 Å². The van der Waals surface area contributed by atoms with E-state index in [1.165, 1.54) is 5.57 Å². The van der Waals surface area contributed by atoms with Crippen LogP contribution in [0.1, 0.15) is 19.8 Å². The van der Waals surface area contributed by atoms with Crippen LogP contribution in [0.25, 0.3) is 0 Å². The minimum atomic E-state index is 0.605. The molecule has 0 saturated heterocycles. The second kappa shape index (κ2) is 3.40. The SMILES string of the molecule is C=C1CC=CC(C)C=CC1. The maximum Gasteiger partial charge on any atom is -0.00817 e. The average molecular weight is 134 g/mol. The van der Waals surface area contributed by atoms with Crippen LogP contribution >= 0.6 is 0 Å². The molecular weight excluding hydrogens is 120 g/mol. The fourth-order valence-electron chi connectivity index (χ4n) is 1.05. The van der Waals surface area contributed by atoms with Crippen LogP contribution in [0, 0.1) is 5.92 Å². The van der Waals surface area contributed by atoms with Crippen molar-refractivity contribution in [3.05, 3.63) is 36.5 Å². The van der Waals surface area contributed by atoms with E-state index in [-0.39, 0.29) is 0 Å². The lowest BCUT2D eigenvalue weighted by Gasteiger charge is -2.04. The van der Waals surface area contributed by atoms with Crippen LogP contribution in [0.3, 0.4) is 0 Å². The van der Waals surface area contributed by atoms with Crippen molar-refractivity contribution in [1.29, 1.82) is 0 Å². The smallest absolute Gasteiger partial charge is 0.00817 e. The molecule has 0 fully saturated rings. The van der Waals surface area contributed by atoms with Crippen molar-refractivity contribution in [1.82, 2.24) is 0 Å². The normalized spacial score (nSPS) is 26.1. The third-order valence-corrected chi connectivity index (χ3v) is 1.69. The van der Waals surface area contributed by atoms with Crippen molar-refractivity contribution in [3.8, 4) is 0 Å². The molecule has 0 heterocycles. The zero-order chi connectivity index (χ0) is 7.40. The Hall–Kier alpha value is -0.780. The monoisotopic (exact) mass is 134 g/mol. The third-order valence-electron chi connectivity index (χ3n) is 1.69. The minimum Gasteiger partial charge on any atom is -0.0992 e. The van der Waals surface area contributed by atoms with Gasteiger partial charge in [-0.2, -0.15) is 0 Å². The summed E-state index contributed by atoms with van der Waals surface area (Å²) in [5, 5.41) is 0. The molecule has 1 aliphatic carbocycles. The Balaban J connectivity index is 2.58. The molecule has 1 aliphatic rings. The summed E-state index contributed by atoms with van der Waals surface area (Å²) < 4.78 is 0. The maximum atomic E-state index is 3.94. The molecular formula is C10H14. The Morgan fingerprint density at radius 3 is 2.30 bits per heavy atom. The molecule has 0 radical (unpaired) electrons. The van der Waals surface area contributed by atoms with Crippen molar-refractivity contribution >= 4 is 0 Å². The zero-order valence-electron chi connectivity index (χ0n) is 6.51. The van der Waals surface area contributed by atoms with Crippen molar-refractivity contribution in [2.75, 3.05) is 0 Å². The number of rotatable bonds is 0. The molecule has 0 bridgehead atoms. The molecule has 54 valence electrons. The molecule has 0 unspecified atom stereocenters. The van der Waals surface area contributed by atoms with Gasteiger partial charge in [0, 0.05) is 0 Å². The lowest BCUT2D eigenvalue weighted by atomic mass is 10.0. The first kappa shape index (κ1) is 7.33. The Labute approximate surface area is 62.9 Å². The van der Waals surface area contributed by atoms with E-state index in [4.69, 9.17) is 0 Å². The largest absolute Gasteiger partial charge is 0.0992 e. The van der Waals surface area contributed by atoms with Crippen LogP contribution < -0.4 is 0 Å². The number of allylic oxidation sites excluding steroid dienone is 5. The highest BCUT2D eigenvalue weighted by atomic mass is 14.0. The van der Waals surface area contributed by atoms with Gasteiger partial charge in [-0.3, -0.25) is 0 Å². The van der Waals surface area contributed by atoms with E-state index in [2.05, 4.69) is 37.8 Å². The molecule has 0 amide bonds. The van der Waals surface area contributed by atoms with Crippen LogP contribution in [0.2, 0.25) is 0 Å². The van der Waals surface area contributed by atoms with Gasteiger partial charge in [0.15, 0.2) is 0 Å². The molecule has 0 aromatic rings. The van der Waals surface area contributed by atoms with Gasteiger partial charge in [-0.25, -0.2) is 0 Å². The van der Waals surface area contributed by atoms with Crippen molar-refractivity contribution in [3.63, 3.8) is 0 Å². The molecule has 0 heteroatoms. The first-order valence-corrected chi connectivity index (χ1v) is 3.79. The maximum absolute atomic E-state index is 3.94. The molecule has 0 nitrogen and oxygen atoms in total. The highest BCUT2D eigenvalue weighted by Gasteiger charge is 1.94. The highest BCUT2D eigenvalue weighted by molar-refractivity contribution is 5.13. The van der Waals surface area contributed by atoms with Gasteiger partial charge in [0.1, 0.15) is 0 Å². The molecule has 0 N–H and O–H groups in total. The zero-order valence-corrected chi connectivity index (χ0v) is 6.51. The van der Waals surface area contributed by atoms with Gasteiger partial charge < -0.3 is 0 Å². The van der Waals surface area contributed by atoms with E-state index in [1.54, 1.807) is 0 Å². The van der Waals surface area contributed by atoms with Crippen LogP contribution in [-0.2, 0) is 0 Å². The van der Waals surface area contributed by atoms with E-state index < -0.39 is 0 Å². The number of hydrogen-bond donors (Lipinski definition) is 0. The lowest BCUT2D eigenvalue weighted by molar-refractivity contribution is 0.908. The average Bonchev–Trinajstić information content (AvgIpc) is 1.84. The van der Waals surface area contributed by atoms with E-state index in [9.17, 15) is 0 Å². The Morgan fingerprint density at radius 2 is 1.80 bits per heavy atom. The summed E-state index contributed by atoms with van der Waals surface area (Å²) in [5.74, 6) is 0.605. The molecule has 0 spiro atoms. The Bertz CT molecular complexity index is 154. The summed E-state index contributed by atoms with van der Waals surface area (Å²) in [7, 11) is 0. The van der Waals surface area contributed by atoms with Gasteiger partial charge in [-0.1, -0.05) is 43.4 Å². The summed E-state index contributed by atoms with van der Waals surface area (Å²) in [5.41, 5.74) is 1.31. The fourth-order valence-corrected chi connectivity index (χ4v) is 1.05. The first-order chi connectivity index (χ1) is 4.79. The summed E-state index contributed by atoms with van der Waals surface area (Å²) in [6.45, 7) is 6.13. The van der Waals surface area contributed by atoms with Crippen molar-refractivity contribution in [2.24, 2.45) is 5.92 Å². The van der Waals surface area contributed by atoms with Gasteiger partial charge in [0.2, 0.25) is 0 Å². The van der Waals surface area contributed by atoms with Crippen LogP contribution in [-0.4, -0.2) is 0 Å². The topological polar surface area (TPSA) is 0 Å².